The van der Waals surface area contributed by atoms with Crippen LogP contribution in [0.2, 0.25) is 0 Å². The van der Waals surface area contributed by atoms with Gasteiger partial charge in [0.15, 0.2) is 0 Å². The first kappa shape index (κ1) is 13.0. The Bertz CT molecular complexity index is 244. The van der Waals surface area contributed by atoms with Crippen LogP contribution in [0.1, 0.15) is 58.3 Å². The minimum atomic E-state index is -2.93. The zero-order valence-corrected chi connectivity index (χ0v) is 10.6. The molecule has 0 radical (unpaired) electrons. The summed E-state index contributed by atoms with van der Waals surface area (Å²) in [7, 11) is -2.93. The van der Waals surface area contributed by atoms with Gasteiger partial charge in [-0.1, -0.05) is 38.7 Å². The Morgan fingerprint density at radius 3 is 2.60 bits per heavy atom. The maximum absolute atomic E-state index is 11.8. The van der Waals surface area contributed by atoms with Crippen LogP contribution in [0.25, 0.3) is 0 Å². The summed E-state index contributed by atoms with van der Waals surface area (Å²) in [6.07, 6.45) is 10.8. The first-order valence-electron chi connectivity index (χ1n) is 6.16. The molecule has 1 fully saturated rings. The van der Waals surface area contributed by atoms with E-state index in [2.05, 4.69) is 6.92 Å². The molecule has 0 heterocycles. The van der Waals surface area contributed by atoms with E-state index >= 15 is 0 Å². The molecule has 1 aliphatic carbocycles. The fraction of sp³-hybridized carbons (Fsp3) is 0.833. The summed E-state index contributed by atoms with van der Waals surface area (Å²) in [4.78, 5) is 9.71. The van der Waals surface area contributed by atoms with Crippen LogP contribution in [0, 0.1) is 0 Å². The van der Waals surface area contributed by atoms with E-state index in [1.165, 1.54) is 19.3 Å². The Labute approximate surface area is 93.2 Å². The van der Waals surface area contributed by atoms with Crippen LogP contribution in [-0.2, 0) is 4.57 Å². The Hall–Kier alpha value is -0.0700. The smallest absolute Gasteiger partial charge is 0.225 e. The molecule has 3 heteroatoms. The Morgan fingerprint density at radius 2 is 2.07 bits per heavy atom. The largest absolute Gasteiger partial charge is 0.341 e. The molecule has 1 N–H and O–H groups in total. The predicted molar refractivity (Wildman–Crippen MR) is 65.4 cm³/mol. The van der Waals surface area contributed by atoms with Crippen LogP contribution in [0.15, 0.2) is 11.9 Å². The summed E-state index contributed by atoms with van der Waals surface area (Å²) < 4.78 is 11.8. The van der Waals surface area contributed by atoms with Gasteiger partial charge >= 0.3 is 0 Å². The van der Waals surface area contributed by atoms with Crippen molar-refractivity contribution in [1.29, 1.82) is 0 Å². The maximum atomic E-state index is 11.8. The summed E-state index contributed by atoms with van der Waals surface area (Å²) in [5, 5.41) is 0. The molecule has 0 saturated heterocycles. The minimum Gasteiger partial charge on any atom is -0.341 e. The van der Waals surface area contributed by atoms with Gasteiger partial charge in [0.2, 0.25) is 7.37 Å². The predicted octanol–water partition coefficient (Wildman–Crippen LogP) is 4.29. The number of rotatable bonds is 7. The van der Waals surface area contributed by atoms with Crippen LogP contribution in [0.3, 0.4) is 0 Å². The highest BCUT2D eigenvalue weighted by molar-refractivity contribution is 7.62. The highest BCUT2D eigenvalue weighted by Crippen LogP contribution is 2.55. The van der Waals surface area contributed by atoms with Gasteiger partial charge in [-0.25, -0.2) is 0 Å². The SMILES string of the molecule is CCCCCCC=CP(=O)(O)C1CCC1. The third kappa shape index (κ3) is 4.53. The fourth-order valence-corrected chi connectivity index (χ4v) is 3.59. The van der Waals surface area contributed by atoms with E-state index in [-0.39, 0.29) is 5.66 Å². The average molecular weight is 230 g/mol. The standard InChI is InChI=1S/C12H23O2P/c1-2-3-4-5-6-7-11-15(13,14)12-9-8-10-12/h7,11-12H,2-6,8-10H2,1H3,(H,13,14). The molecule has 0 aromatic heterocycles. The summed E-state index contributed by atoms with van der Waals surface area (Å²) in [6.45, 7) is 2.19. The zero-order chi connectivity index (χ0) is 11.1. The highest BCUT2D eigenvalue weighted by atomic mass is 31.2. The number of unbranched alkanes of at least 4 members (excludes halogenated alkanes) is 4. The average Bonchev–Trinajstić information content (AvgIpc) is 2.07. The lowest BCUT2D eigenvalue weighted by Crippen LogP contribution is -2.16. The molecule has 1 unspecified atom stereocenters. The van der Waals surface area contributed by atoms with Crippen molar-refractivity contribution in [3.63, 3.8) is 0 Å². The normalized spacial score (nSPS) is 21.5. The molecule has 15 heavy (non-hydrogen) atoms. The van der Waals surface area contributed by atoms with Crippen molar-refractivity contribution in [1.82, 2.24) is 0 Å². The molecule has 0 spiro atoms. The number of allylic oxidation sites excluding steroid dienone is 1. The molecule has 1 rings (SSSR count). The van der Waals surface area contributed by atoms with Crippen molar-refractivity contribution in [2.45, 2.75) is 63.9 Å². The first-order valence-corrected chi connectivity index (χ1v) is 7.96. The van der Waals surface area contributed by atoms with Crippen LogP contribution < -0.4 is 0 Å². The van der Waals surface area contributed by atoms with Crippen LogP contribution in [-0.4, -0.2) is 10.6 Å². The van der Waals surface area contributed by atoms with Crippen molar-refractivity contribution in [2.24, 2.45) is 0 Å². The van der Waals surface area contributed by atoms with Crippen molar-refractivity contribution in [2.75, 3.05) is 0 Å². The summed E-state index contributed by atoms with van der Waals surface area (Å²) >= 11 is 0. The lowest BCUT2D eigenvalue weighted by Gasteiger charge is -2.27. The molecule has 1 aliphatic rings. The van der Waals surface area contributed by atoms with E-state index in [0.717, 1.165) is 32.1 Å². The molecule has 1 saturated carbocycles. The van der Waals surface area contributed by atoms with E-state index in [9.17, 15) is 9.46 Å². The minimum absolute atomic E-state index is 0.0735. The molecular weight excluding hydrogens is 207 g/mol. The summed E-state index contributed by atoms with van der Waals surface area (Å²) in [6, 6.07) is 0. The van der Waals surface area contributed by atoms with E-state index < -0.39 is 7.37 Å². The Balaban J connectivity index is 2.15. The summed E-state index contributed by atoms with van der Waals surface area (Å²) in [5.74, 6) is 1.59. The van der Waals surface area contributed by atoms with Gasteiger partial charge in [-0.2, -0.15) is 0 Å². The van der Waals surface area contributed by atoms with Gasteiger partial charge in [-0.3, -0.25) is 4.57 Å². The van der Waals surface area contributed by atoms with Crippen molar-refractivity contribution in [3.05, 3.63) is 11.9 Å². The molecule has 0 aromatic rings. The van der Waals surface area contributed by atoms with Gasteiger partial charge in [-0.05, 0) is 31.5 Å². The molecular formula is C12H23O2P. The highest BCUT2D eigenvalue weighted by Gasteiger charge is 2.32. The van der Waals surface area contributed by atoms with Crippen molar-refractivity contribution in [3.8, 4) is 0 Å². The van der Waals surface area contributed by atoms with Crippen LogP contribution in [0.4, 0.5) is 0 Å². The zero-order valence-electron chi connectivity index (χ0n) is 9.69. The van der Waals surface area contributed by atoms with E-state index in [1.54, 1.807) is 5.82 Å². The van der Waals surface area contributed by atoms with Gasteiger partial charge in [-0.15, -0.1) is 0 Å². The Kier molecular flexibility index (Phi) is 5.63. The second-order valence-electron chi connectivity index (χ2n) is 4.49. The fourth-order valence-electron chi connectivity index (χ4n) is 1.79. The lowest BCUT2D eigenvalue weighted by atomic mass is 10.00. The molecule has 2 nitrogen and oxygen atoms in total. The van der Waals surface area contributed by atoms with Gasteiger partial charge in [0.05, 0.1) is 0 Å². The molecule has 0 aromatic carbocycles. The van der Waals surface area contributed by atoms with E-state index in [1.807, 2.05) is 6.08 Å². The monoisotopic (exact) mass is 230 g/mol. The first-order chi connectivity index (χ1) is 7.17. The quantitative estimate of drug-likeness (QED) is 0.523. The van der Waals surface area contributed by atoms with E-state index in [0.29, 0.717) is 0 Å². The Morgan fingerprint density at radius 1 is 1.33 bits per heavy atom. The number of hydrogen-bond acceptors (Lipinski definition) is 1. The number of hydrogen-bond donors (Lipinski definition) is 1. The van der Waals surface area contributed by atoms with Crippen LogP contribution >= 0.6 is 7.37 Å². The topological polar surface area (TPSA) is 37.3 Å². The lowest BCUT2D eigenvalue weighted by molar-refractivity contribution is 0.418. The molecule has 0 bridgehead atoms. The second-order valence-corrected chi connectivity index (χ2v) is 6.86. The molecule has 88 valence electrons. The van der Waals surface area contributed by atoms with E-state index in [4.69, 9.17) is 0 Å². The maximum Gasteiger partial charge on any atom is 0.225 e. The van der Waals surface area contributed by atoms with Gasteiger partial charge in [0.1, 0.15) is 0 Å². The summed E-state index contributed by atoms with van der Waals surface area (Å²) in [5.41, 5.74) is 0.0735. The molecule has 0 amide bonds. The van der Waals surface area contributed by atoms with Gasteiger partial charge in [0.25, 0.3) is 0 Å². The molecule has 0 aliphatic heterocycles. The molecule has 1 atom stereocenters. The van der Waals surface area contributed by atoms with Crippen LogP contribution in [0.5, 0.6) is 0 Å². The van der Waals surface area contributed by atoms with Gasteiger partial charge < -0.3 is 4.89 Å². The third-order valence-electron chi connectivity index (χ3n) is 3.14. The third-order valence-corrected chi connectivity index (χ3v) is 5.34. The van der Waals surface area contributed by atoms with Crippen molar-refractivity contribution >= 4 is 7.37 Å². The van der Waals surface area contributed by atoms with Gasteiger partial charge in [0, 0.05) is 5.66 Å². The second kappa shape index (κ2) is 6.50. The van der Waals surface area contributed by atoms with Crippen molar-refractivity contribution < 1.29 is 9.46 Å².